The number of ether oxygens (including phenoxy) is 1. The van der Waals surface area contributed by atoms with Gasteiger partial charge in [0.1, 0.15) is 11.4 Å². The number of aliphatic carboxylic acids is 1. The van der Waals surface area contributed by atoms with Crippen LogP contribution >= 0.6 is 23.2 Å². The van der Waals surface area contributed by atoms with E-state index in [1.807, 2.05) is 6.07 Å². The zero-order valence-electron chi connectivity index (χ0n) is 23.6. The Hall–Kier alpha value is -4.20. The molecule has 0 bridgehead atoms. The summed E-state index contributed by atoms with van der Waals surface area (Å²) in [4.78, 5) is 47.6. The van der Waals surface area contributed by atoms with E-state index in [1.165, 1.54) is 18.2 Å². The molecule has 4 rings (SSSR count). The van der Waals surface area contributed by atoms with Crippen LogP contribution in [-0.4, -0.2) is 58.6 Å². The molecule has 0 radical (unpaired) electrons. The molecule has 3 aromatic rings. The lowest BCUT2D eigenvalue weighted by Crippen LogP contribution is -2.48. The first-order valence-corrected chi connectivity index (χ1v) is 14.4. The van der Waals surface area contributed by atoms with Crippen molar-refractivity contribution < 1.29 is 37.4 Å². The van der Waals surface area contributed by atoms with Gasteiger partial charge in [-0.3, -0.25) is 9.59 Å². The second kappa shape index (κ2) is 15.2. The summed E-state index contributed by atoms with van der Waals surface area (Å²) in [6.07, 6.45) is -1.80. The minimum atomic E-state index is -4.62. The molecule has 1 aliphatic heterocycles. The van der Waals surface area contributed by atoms with Crippen molar-refractivity contribution in [3.05, 3.63) is 93.4 Å². The van der Waals surface area contributed by atoms with E-state index in [2.05, 4.69) is 20.6 Å². The molecule has 1 aliphatic rings. The summed E-state index contributed by atoms with van der Waals surface area (Å²) in [5.74, 6) is -3.48. The summed E-state index contributed by atoms with van der Waals surface area (Å²) in [7, 11) is 0. The van der Waals surface area contributed by atoms with Gasteiger partial charge in [0.2, 0.25) is 11.9 Å². The quantitative estimate of drug-likeness (QED) is 0.245. The van der Waals surface area contributed by atoms with Crippen molar-refractivity contribution in [3.63, 3.8) is 0 Å². The number of rotatable bonds is 11. The van der Waals surface area contributed by atoms with E-state index >= 15 is 0 Å². The van der Waals surface area contributed by atoms with Gasteiger partial charge in [-0.25, -0.2) is 14.8 Å². The van der Waals surface area contributed by atoms with Crippen molar-refractivity contribution in [1.82, 2.24) is 20.6 Å². The number of nitrogens with one attached hydrogen (secondary N) is 2. The van der Waals surface area contributed by atoms with Gasteiger partial charge in [-0.15, -0.1) is 0 Å². The third-order valence-corrected chi connectivity index (χ3v) is 7.58. The first-order chi connectivity index (χ1) is 21.4. The van der Waals surface area contributed by atoms with Gasteiger partial charge < -0.3 is 25.4 Å². The van der Waals surface area contributed by atoms with Crippen LogP contribution in [0.25, 0.3) is 6.08 Å². The van der Waals surface area contributed by atoms with Gasteiger partial charge in [-0.1, -0.05) is 59.6 Å². The minimum absolute atomic E-state index is 0.0996. The number of carbonyl (C=O) groups is 3. The highest BCUT2D eigenvalue weighted by molar-refractivity contribution is 6.42. The Morgan fingerprint density at radius 3 is 2.42 bits per heavy atom. The van der Waals surface area contributed by atoms with Gasteiger partial charge in [0.25, 0.3) is 5.91 Å². The Morgan fingerprint density at radius 2 is 1.78 bits per heavy atom. The number of hydrogen-bond donors (Lipinski definition) is 3. The second-order valence-corrected chi connectivity index (χ2v) is 10.9. The predicted molar refractivity (Wildman–Crippen MR) is 160 cm³/mol. The number of aromatic nitrogens is 2. The zero-order valence-corrected chi connectivity index (χ0v) is 25.1. The van der Waals surface area contributed by atoms with Gasteiger partial charge >= 0.3 is 12.1 Å². The molecule has 1 fully saturated rings. The first-order valence-electron chi connectivity index (χ1n) is 13.7. The van der Waals surface area contributed by atoms with Crippen molar-refractivity contribution in [2.75, 3.05) is 24.6 Å². The first kappa shape index (κ1) is 33.7. The summed E-state index contributed by atoms with van der Waals surface area (Å²) in [6.45, 7) is 0.155. The molecular formula is C30H28Cl2F3N5O5. The fraction of sp³-hybridized carbons (Fsp3) is 0.300. The van der Waals surface area contributed by atoms with Crippen molar-refractivity contribution in [2.45, 2.75) is 31.7 Å². The van der Waals surface area contributed by atoms with Crippen LogP contribution in [0.4, 0.5) is 19.1 Å². The number of hydrogen-bond acceptors (Lipinski definition) is 7. The molecule has 2 amide bonds. The van der Waals surface area contributed by atoms with Crippen molar-refractivity contribution in [3.8, 4) is 0 Å². The molecule has 238 valence electrons. The topological polar surface area (TPSA) is 134 Å². The number of alkyl halides is 3. The van der Waals surface area contributed by atoms with Crippen LogP contribution < -0.4 is 15.5 Å². The number of nitrogens with zero attached hydrogens (tertiary/aromatic N) is 3. The van der Waals surface area contributed by atoms with E-state index in [-0.39, 0.29) is 60.8 Å². The van der Waals surface area contributed by atoms with E-state index < -0.39 is 41.6 Å². The van der Waals surface area contributed by atoms with Crippen LogP contribution in [0.2, 0.25) is 10.0 Å². The highest BCUT2D eigenvalue weighted by atomic mass is 35.5. The molecule has 10 nitrogen and oxygen atoms in total. The second-order valence-electron chi connectivity index (χ2n) is 10.1. The fourth-order valence-electron chi connectivity index (χ4n) is 4.44. The monoisotopic (exact) mass is 665 g/mol. The van der Waals surface area contributed by atoms with Crippen LogP contribution in [0.1, 0.15) is 29.7 Å². The molecule has 1 aromatic heterocycles. The number of anilines is 1. The normalized spacial score (nSPS) is 15.0. The van der Waals surface area contributed by atoms with Gasteiger partial charge in [-0.2, -0.15) is 13.2 Å². The minimum Gasteiger partial charge on any atom is -0.480 e. The average molecular weight is 666 g/mol. The van der Waals surface area contributed by atoms with Gasteiger partial charge in [-0.05, 0) is 48.2 Å². The summed E-state index contributed by atoms with van der Waals surface area (Å²) in [5.41, 5.74) is -0.110. The molecule has 1 saturated heterocycles. The smallest absolute Gasteiger partial charge is 0.433 e. The summed E-state index contributed by atoms with van der Waals surface area (Å²) >= 11 is 12.1. The SMILES string of the molecule is O=C(NC(COCc1ccccc1)C(=O)O)C(=Cc1ccc(Cl)c(Cl)c1)NC(=O)C1CCN(c2nccc(C(F)(F)F)n2)CC1. The van der Waals surface area contributed by atoms with Crippen LogP contribution in [0.3, 0.4) is 0 Å². The standard InChI is InChI=1S/C30H28Cl2F3N5O5/c31-21-7-6-19(14-22(21)32)15-23(27(42)38-24(28(43)44)17-45-16-18-4-2-1-3-5-18)37-26(41)20-9-12-40(13-10-20)29-36-11-8-25(39-29)30(33,34)35/h1-8,11,14-15,20,24H,9-10,12-13,16-17H2,(H,37,41)(H,38,42)(H,43,44). The number of carboxylic acid groups (broad SMARTS) is 1. The maximum absolute atomic E-state index is 13.3. The fourth-order valence-corrected chi connectivity index (χ4v) is 4.75. The third kappa shape index (κ3) is 9.64. The molecule has 45 heavy (non-hydrogen) atoms. The summed E-state index contributed by atoms with van der Waals surface area (Å²) in [6, 6.07) is 12.9. The predicted octanol–water partition coefficient (Wildman–Crippen LogP) is 4.96. The van der Waals surface area contributed by atoms with Crippen molar-refractivity contribution in [1.29, 1.82) is 0 Å². The Balaban J connectivity index is 1.45. The van der Waals surface area contributed by atoms with Gasteiger partial charge in [0.15, 0.2) is 6.04 Å². The van der Waals surface area contributed by atoms with E-state index in [9.17, 15) is 32.7 Å². The average Bonchev–Trinajstić information content (AvgIpc) is 3.02. The lowest BCUT2D eigenvalue weighted by molar-refractivity contribution is -0.143. The van der Waals surface area contributed by atoms with Crippen LogP contribution in [0.5, 0.6) is 0 Å². The highest BCUT2D eigenvalue weighted by Crippen LogP contribution is 2.29. The zero-order chi connectivity index (χ0) is 32.6. The molecule has 1 unspecified atom stereocenters. The molecule has 2 aromatic carbocycles. The molecule has 2 heterocycles. The molecule has 3 N–H and O–H groups in total. The molecule has 15 heteroatoms. The van der Waals surface area contributed by atoms with E-state index in [4.69, 9.17) is 27.9 Å². The lowest BCUT2D eigenvalue weighted by Gasteiger charge is -2.31. The number of amides is 2. The maximum Gasteiger partial charge on any atom is 0.433 e. The number of benzene rings is 2. The number of piperidine rings is 1. The molecule has 0 spiro atoms. The lowest BCUT2D eigenvalue weighted by atomic mass is 9.96. The summed E-state index contributed by atoms with van der Waals surface area (Å²) < 4.78 is 44.8. The summed E-state index contributed by atoms with van der Waals surface area (Å²) in [5, 5.41) is 15.1. The van der Waals surface area contributed by atoms with Crippen LogP contribution in [-0.2, 0) is 31.9 Å². The Bertz CT molecular complexity index is 1550. The number of carboxylic acids is 1. The van der Waals surface area contributed by atoms with Crippen LogP contribution in [0, 0.1) is 5.92 Å². The van der Waals surface area contributed by atoms with E-state index in [0.717, 1.165) is 17.8 Å². The Kier molecular flexibility index (Phi) is 11.4. The Labute approximate surface area is 266 Å². The molecule has 1 atom stereocenters. The van der Waals surface area contributed by atoms with E-state index in [1.54, 1.807) is 35.2 Å². The molecule has 0 saturated carbocycles. The molecular weight excluding hydrogens is 638 g/mol. The van der Waals surface area contributed by atoms with Crippen LogP contribution in [0.15, 0.2) is 66.5 Å². The van der Waals surface area contributed by atoms with Crippen molar-refractivity contribution >= 4 is 53.0 Å². The Morgan fingerprint density at radius 1 is 1.07 bits per heavy atom. The largest absolute Gasteiger partial charge is 0.480 e. The number of halogens is 5. The van der Waals surface area contributed by atoms with Crippen molar-refractivity contribution in [2.24, 2.45) is 5.92 Å². The van der Waals surface area contributed by atoms with Gasteiger partial charge in [0, 0.05) is 25.2 Å². The number of carbonyl (C=O) groups excluding carboxylic acids is 2. The van der Waals surface area contributed by atoms with E-state index in [0.29, 0.717) is 5.56 Å². The highest BCUT2D eigenvalue weighted by Gasteiger charge is 2.34. The maximum atomic E-state index is 13.3. The molecule has 0 aliphatic carbocycles. The third-order valence-electron chi connectivity index (χ3n) is 6.84. The van der Waals surface area contributed by atoms with Gasteiger partial charge in [0.05, 0.1) is 23.3 Å².